The fourth-order valence-corrected chi connectivity index (χ4v) is 0.527. The van der Waals surface area contributed by atoms with Gasteiger partial charge in [0.05, 0.1) is 0 Å². The summed E-state index contributed by atoms with van der Waals surface area (Å²) in [5, 5.41) is 0. The predicted molar refractivity (Wildman–Crippen MR) is 42.8 cm³/mol. The number of hydrogen-bond acceptors (Lipinski definition) is 2. The lowest BCUT2D eigenvalue weighted by molar-refractivity contribution is 0.998. The van der Waals surface area contributed by atoms with Gasteiger partial charge in [-0.15, -0.1) is 0 Å². The fourth-order valence-electron chi connectivity index (χ4n) is 0.527. The lowest BCUT2D eigenvalue weighted by Gasteiger charge is -1.88. The molecule has 10 heavy (non-hydrogen) atoms. The van der Waals surface area contributed by atoms with Gasteiger partial charge >= 0.3 is 0 Å². The van der Waals surface area contributed by atoms with E-state index in [9.17, 15) is 0 Å². The van der Waals surface area contributed by atoms with E-state index in [2.05, 4.69) is 16.9 Å². The zero-order valence-electron chi connectivity index (χ0n) is 6.83. The highest BCUT2D eigenvalue weighted by molar-refractivity contribution is 4.96. The van der Waals surface area contributed by atoms with Gasteiger partial charge in [0.2, 0.25) is 0 Å². The SMILES string of the molecule is CC.CCc1ccncn1. The summed E-state index contributed by atoms with van der Waals surface area (Å²) in [4.78, 5) is 7.77. The van der Waals surface area contributed by atoms with Crippen molar-refractivity contribution in [1.82, 2.24) is 9.97 Å². The maximum absolute atomic E-state index is 3.99. The van der Waals surface area contributed by atoms with E-state index >= 15 is 0 Å². The van der Waals surface area contributed by atoms with Crippen LogP contribution < -0.4 is 0 Å². The topological polar surface area (TPSA) is 25.8 Å². The first-order valence-corrected chi connectivity index (χ1v) is 3.68. The van der Waals surface area contributed by atoms with Crippen LogP contribution in [0.5, 0.6) is 0 Å². The van der Waals surface area contributed by atoms with Gasteiger partial charge in [0.15, 0.2) is 0 Å². The van der Waals surface area contributed by atoms with Crippen molar-refractivity contribution >= 4 is 0 Å². The summed E-state index contributed by atoms with van der Waals surface area (Å²) in [6.45, 7) is 6.07. The molecule has 0 aliphatic heterocycles. The average molecular weight is 138 g/mol. The summed E-state index contributed by atoms with van der Waals surface area (Å²) in [6.07, 6.45) is 4.31. The van der Waals surface area contributed by atoms with Crippen molar-refractivity contribution in [2.45, 2.75) is 27.2 Å². The largest absolute Gasteiger partial charge is 0.245 e. The molecule has 56 valence electrons. The van der Waals surface area contributed by atoms with Crippen molar-refractivity contribution in [1.29, 1.82) is 0 Å². The Balaban J connectivity index is 0.000000371. The van der Waals surface area contributed by atoms with Gasteiger partial charge in [-0.05, 0) is 12.5 Å². The molecule has 0 aliphatic carbocycles. The van der Waals surface area contributed by atoms with Crippen LogP contribution in [0.3, 0.4) is 0 Å². The molecule has 0 aromatic carbocycles. The Morgan fingerprint density at radius 2 is 2.10 bits per heavy atom. The monoisotopic (exact) mass is 138 g/mol. The number of hydrogen-bond donors (Lipinski definition) is 0. The Morgan fingerprint density at radius 1 is 1.40 bits per heavy atom. The normalized spacial score (nSPS) is 7.90. The number of nitrogens with zero attached hydrogens (tertiary/aromatic N) is 2. The van der Waals surface area contributed by atoms with Crippen LogP contribution in [-0.2, 0) is 6.42 Å². The molecule has 0 radical (unpaired) electrons. The maximum atomic E-state index is 3.99. The standard InChI is InChI=1S/C6H8N2.C2H6/c1-2-6-3-4-7-5-8-6;1-2/h3-5H,2H2,1H3;1-2H3. The third-order valence-corrected chi connectivity index (χ3v) is 1.01. The molecule has 0 atom stereocenters. The molecule has 0 saturated heterocycles. The quantitative estimate of drug-likeness (QED) is 0.593. The Bertz CT molecular complexity index is 149. The van der Waals surface area contributed by atoms with Crippen LogP contribution in [0.1, 0.15) is 26.5 Å². The van der Waals surface area contributed by atoms with Crippen LogP contribution >= 0.6 is 0 Å². The molecule has 0 amide bonds. The zero-order valence-corrected chi connectivity index (χ0v) is 6.83. The van der Waals surface area contributed by atoms with Crippen LogP contribution in [0.25, 0.3) is 0 Å². The van der Waals surface area contributed by atoms with E-state index < -0.39 is 0 Å². The molecular weight excluding hydrogens is 124 g/mol. The van der Waals surface area contributed by atoms with Crippen LogP contribution in [0.4, 0.5) is 0 Å². The minimum Gasteiger partial charge on any atom is -0.245 e. The number of rotatable bonds is 1. The van der Waals surface area contributed by atoms with Crippen molar-refractivity contribution in [2.24, 2.45) is 0 Å². The first-order valence-electron chi connectivity index (χ1n) is 3.68. The first-order chi connectivity index (χ1) is 4.93. The smallest absolute Gasteiger partial charge is 0.115 e. The molecule has 2 nitrogen and oxygen atoms in total. The summed E-state index contributed by atoms with van der Waals surface area (Å²) in [6, 6.07) is 1.92. The summed E-state index contributed by atoms with van der Waals surface area (Å²) in [7, 11) is 0. The zero-order chi connectivity index (χ0) is 7.82. The summed E-state index contributed by atoms with van der Waals surface area (Å²) < 4.78 is 0. The molecular formula is C8H14N2. The Kier molecular flexibility index (Phi) is 5.63. The summed E-state index contributed by atoms with van der Waals surface area (Å²) in [5.41, 5.74) is 1.10. The Hall–Kier alpha value is -0.920. The molecule has 0 saturated carbocycles. The molecule has 0 spiro atoms. The van der Waals surface area contributed by atoms with Crippen LogP contribution in [0, 0.1) is 0 Å². The van der Waals surface area contributed by atoms with Gasteiger partial charge in [-0.1, -0.05) is 20.8 Å². The fraction of sp³-hybridized carbons (Fsp3) is 0.500. The minimum absolute atomic E-state index is 0.989. The minimum atomic E-state index is 0.989. The van der Waals surface area contributed by atoms with Crippen LogP contribution in [0.15, 0.2) is 18.6 Å². The highest BCUT2D eigenvalue weighted by Crippen LogP contribution is 1.88. The van der Waals surface area contributed by atoms with Crippen molar-refractivity contribution in [3.05, 3.63) is 24.3 Å². The molecule has 0 unspecified atom stereocenters. The maximum Gasteiger partial charge on any atom is 0.115 e. The van der Waals surface area contributed by atoms with Crippen LogP contribution in [0.2, 0.25) is 0 Å². The van der Waals surface area contributed by atoms with E-state index in [1.807, 2.05) is 19.9 Å². The van der Waals surface area contributed by atoms with E-state index in [1.165, 1.54) is 0 Å². The summed E-state index contributed by atoms with van der Waals surface area (Å²) >= 11 is 0. The Labute approximate surface area is 62.3 Å². The van der Waals surface area contributed by atoms with Gasteiger partial charge < -0.3 is 0 Å². The molecule has 0 fully saturated rings. The molecule has 0 N–H and O–H groups in total. The number of aryl methyl sites for hydroxylation is 1. The molecule has 0 aliphatic rings. The van der Waals surface area contributed by atoms with Gasteiger partial charge in [-0.25, -0.2) is 9.97 Å². The van der Waals surface area contributed by atoms with E-state index in [-0.39, 0.29) is 0 Å². The highest BCUT2D eigenvalue weighted by Gasteiger charge is 1.82. The lowest BCUT2D eigenvalue weighted by atomic mass is 10.3. The molecule has 1 heterocycles. The molecule has 1 aromatic rings. The second-order valence-corrected chi connectivity index (χ2v) is 1.55. The van der Waals surface area contributed by atoms with E-state index in [1.54, 1.807) is 12.5 Å². The van der Waals surface area contributed by atoms with Gasteiger partial charge in [-0.2, -0.15) is 0 Å². The van der Waals surface area contributed by atoms with Gasteiger partial charge in [0.1, 0.15) is 6.33 Å². The van der Waals surface area contributed by atoms with Gasteiger partial charge in [-0.3, -0.25) is 0 Å². The highest BCUT2D eigenvalue weighted by atomic mass is 14.8. The first kappa shape index (κ1) is 9.08. The molecule has 1 rings (SSSR count). The third-order valence-electron chi connectivity index (χ3n) is 1.01. The van der Waals surface area contributed by atoms with E-state index in [4.69, 9.17) is 0 Å². The molecule has 1 aromatic heterocycles. The second kappa shape index (κ2) is 6.20. The molecule has 2 heteroatoms. The van der Waals surface area contributed by atoms with Gasteiger partial charge in [0.25, 0.3) is 0 Å². The average Bonchev–Trinajstić information content (AvgIpc) is 2.10. The van der Waals surface area contributed by atoms with Crippen molar-refractivity contribution < 1.29 is 0 Å². The lowest BCUT2D eigenvalue weighted by Crippen LogP contribution is -1.84. The summed E-state index contributed by atoms with van der Waals surface area (Å²) in [5.74, 6) is 0. The van der Waals surface area contributed by atoms with Crippen molar-refractivity contribution in [3.8, 4) is 0 Å². The van der Waals surface area contributed by atoms with Crippen molar-refractivity contribution in [3.63, 3.8) is 0 Å². The second-order valence-electron chi connectivity index (χ2n) is 1.55. The Morgan fingerprint density at radius 3 is 2.40 bits per heavy atom. The van der Waals surface area contributed by atoms with Crippen LogP contribution in [-0.4, -0.2) is 9.97 Å². The van der Waals surface area contributed by atoms with E-state index in [0.717, 1.165) is 12.1 Å². The predicted octanol–water partition coefficient (Wildman–Crippen LogP) is 2.07. The van der Waals surface area contributed by atoms with E-state index in [0.29, 0.717) is 0 Å². The third kappa shape index (κ3) is 3.17. The van der Waals surface area contributed by atoms with Crippen molar-refractivity contribution in [2.75, 3.05) is 0 Å². The molecule has 0 bridgehead atoms. The van der Waals surface area contributed by atoms with Gasteiger partial charge in [0, 0.05) is 11.9 Å². The number of aromatic nitrogens is 2.